The number of thiophene rings is 1. The third-order valence-electron chi connectivity index (χ3n) is 4.66. The number of ether oxygens (including phenoxy) is 2. The lowest BCUT2D eigenvalue weighted by Gasteiger charge is -2.28. The average Bonchev–Trinajstić information content (AvgIpc) is 3.15. The van der Waals surface area contributed by atoms with E-state index < -0.39 is 0 Å². The molecule has 1 amide bonds. The first-order valence-electron chi connectivity index (χ1n) is 8.56. The molecule has 1 atom stereocenters. The standard InChI is InChI=1S/C19H19N3O4S/c1-22(9-16-20-14-5-6-27-17(14)18(23)21-16)19(24)12-7-11-3-4-13(25-2)8-15(11)26-10-12/h3-6,8,12H,7,9-10H2,1-2H3,(H,20,21,23). The maximum atomic E-state index is 12.8. The Morgan fingerprint density at radius 3 is 3.11 bits per heavy atom. The summed E-state index contributed by atoms with van der Waals surface area (Å²) in [7, 11) is 3.32. The molecule has 140 valence electrons. The van der Waals surface area contributed by atoms with Gasteiger partial charge in [-0.1, -0.05) is 6.07 Å². The molecule has 7 nitrogen and oxygen atoms in total. The van der Waals surface area contributed by atoms with Gasteiger partial charge in [-0.3, -0.25) is 9.59 Å². The minimum atomic E-state index is -0.271. The van der Waals surface area contributed by atoms with Gasteiger partial charge in [-0.25, -0.2) is 4.98 Å². The number of nitrogens with one attached hydrogen (secondary N) is 1. The van der Waals surface area contributed by atoms with Crippen molar-refractivity contribution in [2.75, 3.05) is 20.8 Å². The molecule has 1 N–H and O–H groups in total. The molecule has 8 heteroatoms. The van der Waals surface area contributed by atoms with Gasteiger partial charge in [0.15, 0.2) is 0 Å². The number of amides is 1. The predicted molar refractivity (Wildman–Crippen MR) is 102 cm³/mol. The lowest BCUT2D eigenvalue weighted by atomic mass is 9.95. The summed E-state index contributed by atoms with van der Waals surface area (Å²) in [6, 6.07) is 7.44. The summed E-state index contributed by atoms with van der Waals surface area (Å²) in [6.45, 7) is 0.558. The van der Waals surface area contributed by atoms with E-state index in [-0.39, 0.29) is 23.9 Å². The molecule has 1 aliphatic rings. The van der Waals surface area contributed by atoms with Crippen LogP contribution >= 0.6 is 11.3 Å². The Hall–Kier alpha value is -2.87. The number of methoxy groups -OCH3 is 1. The van der Waals surface area contributed by atoms with Gasteiger partial charge in [-0.05, 0) is 29.5 Å². The van der Waals surface area contributed by atoms with Gasteiger partial charge in [0.2, 0.25) is 5.91 Å². The van der Waals surface area contributed by atoms with Crippen LogP contribution in [0, 0.1) is 5.92 Å². The minimum Gasteiger partial charge on any atom is -0.497 e. The summed E-state index contributed by atoms with van der Waals surface area (Å²) in [5, 5.41) is 1.83. The predicted octanol–water partition coefficient (Wildman–Crippen LogP) is 2.20. The molecule has 0 spiro atoms. The number of fused-ring (bicyclic) bond motifs is 2. The molecule has 4 rings (SSSR count). The van der Waals surface area contributed by atoms with Crippen molar-refractivity contribution < 1.29 is 14.3 Å². The minimum absolute atomic E-state index is 0.0375. The van der Waals surface area contributed by atoms with Crippen molar-refractivity contribution in [1.82, 2.24) is 14.9 Å². The SMILES string of the molecule is COc1ccc2c(c1)OCC(C(=O)N(C)Cc1nc3ccsc3c(=O)[nH]1)C2. The van der Waals surface area contributed by atoms with E-state index >= 15 is 0 Å². The van der Waals surface area contributed by atoms with E-state index in [1.807, 2.05) is 23.6 Å². The summed E-state index contributed by atoms with van der Waals surface area (Å²) >= 11 is 1.35. The second-order valence-electron chi connectivity index (χ2n) is 6.53. The molecule has 27 heavy (non-hydrogen) atoms. The highest BCUT2D eigenvalue weighted by Crippen LogP contribution is 2.31. The molecule has 1 aliphatic heterocycles. The number of carbonyl (C=O) groups is 1. The molecule has 2 aromatic heterocycles. The quantitative estimate of drug-likeness (QED) is 0.744. The third-order valence-corrected chi connectivity index (χ3v) is 5.56. The van der Waals surface area contributed by atoms with Crippen molar-refractivity contribution in [3.8, 4) is 11.5 Å². The number of rotatable bonds is 4. The van der Waals surface area contributed by atoms with Crippen molar-refractivity contribution in [3.63, 3.8) is 0 Å². The Kier molecular flexibility index (Phi) is 4.57. The second kappa shape index (κ2) is 7.03. The van der Waals surface area contributed by atoms with Crippen molar-refractivity contribution in [2.45, 2.75) is 13.0 Å². The van der Waals surface area contributed by atoms with E-state index in [1.165, 1.54) is 11.3 Å². The average molecular weight is 385 g/mol. The molecule has 0 fully saturated rings. The van der Waals surface area contributed by atoms with Crippen LogP contribution in [0.5, 0.6) is 11.5 Å². The summed E-state index contributed by atoms with van der Waals surface area (Å²) in [5.41, 5.74) is 1.47. The van der Waals surface area contributed by atoms with E-state index in [0.29, 0.717) is 29.1 Å². The first-order chi connectivity index (χ1) is 13.0. The van der Waals surface area contributed by atoms with Crippen LogP contribution in [-0.2, 0) is 17.8 Å². The highest BCUT2D eigenvalue weighted by molar-refractivity contribution is 7.17. The van der Waals surface area contributed by atoms with Gasteiger partial charge < -0.3 is 19.4 Å². The summed E-state index contributed by atoms with van der Waals surface area (Å²) in [5.74, 6) is 1.66. The van der Waals surface area contributed by atoms with Gasteiger partial charge >= 0.3 is 0 Å². The van der Waals surface area contributed by atoms with Gasteiger partial charge in [-0.15, -0.1) is 11.3 Å². The molecular formula is C19H19N3O4S. The zero-order valence-corrected chi connectivity index (χ0v) is 15.8. The maximum Gasteiger partial charge on any atom is 0.268 e. The molecule has 3 heterocycles. The molecular weight excluding hydrogens is 366 g/mol. The van der Waals surface area contributed by atoms with Gasteiger partial charge in [0.05, 0.1) is 25.1 Å². The van der Waals surface area contributed by atoms with Crippen LogP contribution in [0.1, 0.15) is 11.4 Å². The van der Waals surface area contributed by atoms with Crippen molar-refractivity contribution in [1.29, 1.82) is 0 Å². The van der Waals surface area contributed by atoms with Crippen LogP contribution in [0.25, 0.3) is 10.2 Å². The Morgan fingerprint density at radius 2 is 2.30 bits per heavy atom. The van der Waals surface area contributed by atoms with E-state index in [9.17, 15) is 9.59 Å². The van der Waals surface area contributed by atoms with Crippen LogP contribution < -0.4 is 15.0 Å². The summed E-state index contributed by atoms with van der Waals surface area (Å²) in [6.07, 6.45) is 0.607. The van der Waals surface area contributed by atoms with E-state index in [2.05, 4.69) is 9.97 Å². The molecule has 0 radical (unpaired) electrons. The number of hydrogen-bond donors (Lipinski definition) is 1. The van der Waals surface area contributed by atoms with Crippen LogP contribution in [0.15, 0.2) is 34.4 Å². The topological polar surface area (TPSA) is 84.5 Å². The fourth-order valence-corrected chi connectivity index (χ4v) is 3.97. The van der Waals surface area contributed by atoms with Gasteiger partial charge in [-0.2, -0.15) is 0 Å². The van der Waals surface area contributed by atoms with E-state index in [0.717, 1.165) is 17.1 Å². The smallest absolute Gasteiger partial charge is 0.268 e. The Morgan fingerprint density at radius 1 is 1.44 bits per heavy atom. The van der Waals surface area contributed by atoms with Crippen molar-refractivity contribution in [2.24, 2.45) is 5.92 Å². The first-order valence-corrected chi connectivity index (χ1v) is 9.44. The molecule has 0 saturated carbocycles. The fourth-order valence-electron chi connectivity index (χ4n) is 3.25. The fraction of sp³-hybridized carbons (Fsp3) is 0.316. The Labute approximate surface area is 159 Å². The number of aromatic nitrogens is 2. The van der Waals surface area contributed by atoms with E-state index in [1.54, 1.807) is 25.1 Å². The highest BCUT2D eigenvalue weighted by atomic mass is 32.1. The Balaban J connectivity index is 1.47. The van der Waals surface area contributed by atoms with Crippen LogP contribution in [0.2, 0.25) is 0 Å². The molecule has 3 aromatic rings. The number of nitrogens with zero attached hydrogens (tertiary/aromatic N) is 2. The van der Waals surface area contributed by atoms with Gasteiger partial charge in [0.1, 0.15) is 28.6 Å². The second-order valence-corrected chi connectivity index (χ2v) is 7.44. The molecule has 1 aromatic carbocycles. The summed E-state index contributed by atoms with van der Waals surface area (Å²) in [4.78, 5) is 33.7. The number of H-pyrrole nitrogens is 1. The van der Waals surface area contributed by atoms with Crippen LogP contribution in [-0.4, -0.2) is 41.5 Å². The van der Waals surface area contributed by atoms with Gasteiger partial charge in [0, 0.05) is 13.1 Å². The maximum absolute atomic E-state index is 12.8. The van der Waals surface area contributed by atoms with Crippen molar-refractivity contribution in [3.05, 3.63) is 51.4 Å². The monoisotopic (exact) mass is 385 g/mol. The Bertz CT molecular complexity index is 1060. The molecule has 0 saturated heterocycles. The van der Waals surface area contributed by atoms with Gasteiger partial charge in [0.25, 0.3) is 5.56 Å². The lowest BCUT2D eigenvalue weighted by molar-refractivity contribution is -0.136. The van der Waals surface area contributed by atoms with Crippen LogP contribution in [0.3, 0.4) is 0 Å². The number of benzene rings is 1. The summed E-state index contributed by atoms with van der Waals surface area (Å²) < 4.78 is 11.6. The van der Waals surface area contributed by atoms with Crippen molar-refractivity contribution >= 4 is 27.5 Å². The largest absolute Gasteiger partial charge is 0.497 e. The zero-order chi connectivity index (χ0) is 19.0. The lowest BCUT2D eigenvalue weighted by Crippen LogP contribution is -2.38. The number of aromatic amines is 1. The zero-order valence-electron chi connectivity index (χ0n) is 15.0. The van der Waals surface area contributed by atoms with Crippen LogP contribution in [0.4, 0.5) is 0 Å². The highest BCUT2D eigenvalue weighted by Gasteiger charge is 2.29. The molecule has 1 unspecified atom stereocenters. The molecule has 0 aliphatic carbocycles. The van der Waals surface area contributed by atoms with E-state index in [4.69, 9.17) is 9.47 Å². The third kappa shape index (κ3) is 3.40. The number of hydrogen-bond acceptors (Lipinski definition) is 6. The number of carbonyl (C=O) groups excluding carboxylic acids is 1. The molecule has 0 bridgehead atoms. The normalized spacial score (nSPS) is 15.9. The first kappa shape index (κ1) is 17.5.